The monoisotopic (exact) mass is 343 g/mol. The zero-order valence-corrected chi connectivity index (χ0v) is 14.6. The lowest BCUT2D eigenvalue weighted by atomic mass is 9.84. The number of aldehydes is 1. The van der Waals surface area contributed by atoms with E-state index in [-0.39, 0.29) is 17.2 Å². The zero-order valence-electron chi connectivity index (χ0n) is 13.7. The average molecular weight is 343 g/mol. The minimum absolute atomic E-state index is 0.0406. The molecule has 3 rings (SSSR count). The fourth-order valence-corrected chi connectivity index (χ4v) is 4.40. The molecule has 1 heterocycles. The van der Waals surface area contributed by atoms with E-state index in [1.165, 1.54) is 24.2 Å². The SMILES string of the molecule is CC(C1CCCCC1)N1C(=O)SC(=Cc2ccc(C=O)cc2)C1=O. The van der Waals surface area contributed by atoms with Crippen LogP contribution in [0.4, 0.5) is 4.79 Å². The van der Waals surface area contributed by atoms with Crippen molar-refractivity contribution < 1.29 is 14.4 Å². The Hall–Kier alpha value is -1.88. The highest BCUT2D eigenvalue weighted by Crippen LogP contribution is 2.37. The van der Waals surface area contributed by atoms with Gasteiger partial charge in [0.25, 0.3) is 11.1 Å². The van der Waals surface area contributed by atoms with E-state index in [9.17, 15) is 14.4 Å². The van der Waals surface area contributed by atoms with Crippen LogP contribution in [0.3, 0.4) is 0 Å². The maximum Gasteiger partial charge on any atom is 0.293 e. The Kier molecular flexibility index (Phi) is 5.19. The number of hydrogen-bond acceptors (Lipinski definition) is 4. The molecule has 1 aliphatic carbocycles. The van der Waals surface area contributed by atoms with Gasteiger partial charge in [0.05, 0.1) is 4.91 Å². The van der Waals surface area contributed by atoms with E-state index in [0.29, 0.717) is 16.4 Å². The fourth-order valence-electron chi connectivity index (χ4n) is 3.48. The molecule has 0 aromatic heterocycles. The third-order valence-electron chi connectivity index (χ3n) is 4.93. The van der Waals surface area contributed by atoms with Crippen LogP contribution < -0.4 is 0 Å². The molecule has 0 radical (unpaired) electrons. The first-order valence-corrected chi connectivity index (χ1v) is 9.24. The fraction of sp³-hybridized carbons (Fsp3) is 0.421. The van der Waals surface area contributed by atoms with Gasteiger partial charge >= 0.3 is 0 Å². The van der Waals surface area contributed by atoms with Gasteiger partial charge in [0.2, 0.25) is 0 Å². The van der Waals surface area contributed by atoms with Crippen LogP contribution in [0.5, 0.6) is 0 Å². The predicted octanol–water partition coefficient (Wildman–Crippen LogP) is 4.50. The number of carbonyl (C=O) groups excluding carboxylic acids is 3. The summed E-state index contributed by atoms with van der Waals surface area (Å²) < 4.78 is 0. The summed E-state index contributed by atoms with van der Waals surface area (Å²) in [5, 5.41) is -0.172. The lowest BCUT2D eigenvalue weighted by Gasteiger charge is -2.32. The van der Waals surface area contributed by atoms with Crippen LogP contribution >= 0.6 is 11.8 Å². The molecule has 2 amide bonds. The summed E-state index contributed by atoms with van der Waals surface area (Å²) in [5.74, 6) is 0.223. The number of thioether (sulfide) groups is 1. The van der Waals surface area contributed by atoms with Crippen molar-refractivity contribution in [1.29, 1.82) is 0 Å². The molecule has 5 heteroatoms. The van der Waals surface area contributed by atoms with E-state index in [1.807, 2.05) is 6.92 Å². The molecule has 4 nitrogen and oxygen atoms in total. The molecule has 1 aromatic carbocycles. The smallest absolute Gasteiger partial charge is 0.293 e. The summed E-state index contributed by atoms with van der Waals surface area (Å²) in [6.07, 6.45) is 8.32. The highest BCUT2D eigenvalue weighted by molar-refractivity contribution is 8.18. The predicted molar refractivity (Wildman–Crippen MR) is 95.7 cm³/mol. The molecule has 0 bridgehead atoms. The summed E-state index contributed by atoms with van der Waals surface area (Å²) in [6.45, 7) is 1.99. The molecule has 0 N–H and O–H groups in total. The van der Waals surface area contributed by atoms with Crippen LogP contribution in [0.2, 0.25) is 0 Å². The Bertz CT molecular complexity index is 674. The number of rotatable bonds is 4. The number of hydrogen-bond donors (Lipinski definition) is 0. The molecule has 1 saturated carbocycles. The van der Waals surface area contributed by atoms with Gasteiger partial charge in [0.15, 0.2) is 0 Å². The van der Waals surface area contributed by atoms with Gasteiger partial charge in [0.1, 0.15) is 6.29 Å². The van der Waals surface area contributed by atoms with E-state index in [4.69, 9.17) is 0 Å². The van der Waals surface area contributed by atoms with Crippen molar-refractivity contribution in [3.05, 3.63) is 40.3 Å². The van der Waals surface area contributed by atoms with Crippen LogP contribution in [-0.2, 0) is 4.79 Å². The molecule has 126 valence electrons. The Morgan fingerprint density at radius 2 is 1.71 bits per heavy atom. The quantitative estimate of drug-likeness (QED) is 0.596. The minimum Gasteiger partial charge on any atom is -0.298 e. The number of amides is 2. The van der Waals surface area contributed by atoms with E-state index in [2.05, 4.69) is 0 Å². The molecule has 1 atom stereocenters. The first-order valence-electron chi connectivity index (χ1n) is 8.42. The van der Waals surface area contributed by atoms with Gasteiger partial charge in [-0.15, -0.1) is 0 Å². The van der Waals surface area contributed by atoms with Crippen molar-refractivity contribution in [3.8, 4) is 0 Å². The van der Waals surface area contributed by atoms with Gasteiger partial charge in [0, 0.05) is 11.6 Å². The molecule has 1 aliphatic heterocycles. The number of carbonyl (C=O) groups is 3. The summed E-state index contributed by atoms with van der Waals surface area (Å²) in [4.78, 5) is 37.6. The molecule has 0 spiro atoms. The van der Waals surface area contributed by atoms with Gasteiger partial charge in [-0.05, 0) is 49.1 Å². The van der Waals surface area contributed by atoms with E-state index < -0.39 is 0 Å². The third-order valence-corrected chi connectivity index (χ3v) is 5.82. The van der Waals surface area contributed by atoms with Gasteiger partial charge in [-0.1, -0.05) is 43.5 Å². The lowest BCUT2D eigenvalue weighted by molar-refractivity contribution is -0.125. The average Bonchev–Trinajstić information content (AvgIpc) is 2.89. The van der Waals surface area contributed by atoms with Crippen LogP contribution in [0.15, 0.2) is 29.2 Å². The molecule has 2 fully saturated rings. The molecular formula is C19H21NO3S. The maximum absolute atomic E-state index is 12.7. The minimum atomic E-state index is -0.192. The second kappa shape index (κ2) is 7.34. The molecule has 1 saturated heterocycles. The first kappa shape index (κ1) is 17.0. The summed E-state index contributed by atoms with van der Waals surface area (Å²) >= 11 is 1.01. The molecule has 24 heavy (non-hydrogen) atoms. The van der Waals surface area contributed by atoms with Crippen molar-refractivity contribution in [2.24, 2.45) is 5.92 Å². The van der Waals surface area contributed by atoms with Crippen LogP contribution in [0, 0.1) is 5.92 Å². The number of imide groups is 1. The summed E-state index contributed by atoms with van der Waals surface area (Å²) in [7, 11) is 0. The van der Waals surface area contributed by atoms with Crippen molar-refractivity contribution in [3.63, 3.8) is 0 Å². The Balaban J connectivity index is 1.77. The van der Waals surface area contributed by atoms with Crippen LogP contribution in [0.25, 0.3) is 6.08 Å². The molecule has 2 aliphatic rings. The Morgan fingerprint density at radius 1 is 1.08 bits per heavy atom. The van der Waals surface area contributed by atoms with Gasteiger partial charge in [-0.3, -0.25) is 19.3 Å². The number of benzene rings is 1. The van der Waals surface area contributed by atoms with Crippen molar-refractivity contribution in [1.82, 2.24) is 4.90 Å². The second-order valence-electron chi connectivity index (χ2n) is 6.47. The zero-order chi connectivity index (χ0) is 17.1. The maximum atomic E-state index is 12.7. The van der Waals surface area contributed by atoms with Gasteiger partial charge in [-0.2, -0.15) is 0 Å². The highest BCUT2D eigenvalue weighted by Gasteiger charge is 2.40. The van der Waals surface area contributed by atoms with E-state index >= 15 is 0 Å². The van der Waals surface area contributed by atoms with Crippen LogP contribution in [-0.4, -0.2) is 28.4 Å². The van der Waals surface area contributed by atoms with Gasteiger partial charge < -0.3 is 0 Å². The Labute approximate surface area is 146 Å². The summed E-state index contributed by atoms with van der Waals surface area (Å²) in [6, 6.07) is 6.92. The van der Waals surface area contributed by atoms with Crippen molar-refractivity contribution >= 4 is 35.3 Å². The van der Waals surface area contributed by atoms with E-state index in [0.717, 1.165) is 36.5 Å². The van der Waals surface area contributed by atoms with Crippen molar-refractivity contribution in [2.75, 3.05) is 0 Å². The molecular weight excluding hydrogens is 322 g/mol. The largest absolute Gasteiger partial charge is 0.298 e. The normalized spacial score (nSPS) is 22.2. The first-order chi connectivity index (χ1) is 11.6. The standard InChI is InChI=1S/C19H21NO3S/c1-13(16-5-3-2-4-6-16)20-18(22)17(24-19(20)23)11-14-7-9-15(12-21)10-8-14/h7-13,16H,2-6H2,1H3. The lowest BCUT2D eigenvalue weighted by Crippen LogP contribution is -2.42. The molecule has 1 aromatic rings. The second-order valence-corrected chi connectivity index (χ2v) is 7.47. The van der Waals surface area contributed by atoms with E-state index in [1.54, 1.807) is 30.3 Å². The molecule has 1 unspecified atom stereocenters. The Morgan fingerprint density at radius 3 is 2.33 bits per heavy atom. The summed E-state index contributed by atoms with van der Waals surface area (Å²) in [5.41, 5.74) is 1.41. The van der Waals surface area contributed by atoms with Gasteiger partial charge in [-0.25, -0.2) is 0 Å². The third kappa shape index (κ3) is 3.46. The topological polar surface area (TPSA) is 54.5 Å². The number of nitrogens with zero attached hydrogens (tertiary/aromatic N) is 1. The highest BCUT2D eigenvalue weighted by atomic mass is 32.2. The van der Waals surface area contributed by atoms with Crippen molar-refractivity contribution in [2.45, 2.75) is 45.1 Å². The van der Waals surface area contributed by atoms with Crippen LogP contribution in [0.1, 0.15) is 54.9 Å².